The molecule has 0 saturated carbocycles. The molecule has 9 rings (SSSR count). The average Bonchev–Trinajstić information content (AvgIpc) is 3.61. The summed E-state index contributed by atoms with van der Waals surface area (Å²) in [6, 6.07) is 28.6. The van der Waals surface area contributed by atoms with E-state index in [1.807, 2.05) is 17.4 Å². The third kappa shape index (κ3) is 7.25. The zero-order valence-corrected chi connectivity index (χ0v) is 40.9. The fourth-order valence-electron chi connectivity index (χ4n) is 11.0. The number of thiophene rings is 1. The van der Waals surface area contributed by atoms with Gasteiger partial charge in [-0.1, -0.05) is 143 Å². The van der Waals surface area contributed by atoms with E-state index in [0.29, 0.717) is 5.92 Å². The van der Waals surface area contributed by atoms with Crippen molar-refractivity contribution in [2.45, 2.75) is 130 Å². The van der Waals surface area contributed by atoms with Gasteiger partial charge in [-0.3, -0.25) is 0 Å². The second-order valence-corrected chi connectivity index (χ2v) is 23.2. The Hall–Kier alpha value is -5.06. The topological polar surface area (TPSA) is 6.48 Å². The lowest BCUT2D eigenvalue weighted by Gasteiger charge is -2.46. The lowest BCUT2D eigenvalue weighted by molar-refractivity contribution is 0.332. The fraction of sp³-hybridized carbons (Fsp3) is 0.356. The molecule has 0 saturated heterocycles. The molecule has 63 heavy (non-hydrogen) atoms. The third-order valence-corrected chi connectivity index (χ3v) is 16.2. The number of rotatable bonds is 7. The molecule has 2 nitrogen and oxygen atoms in total. The van der Waals surface area contributed by atoms with Crippen molar-refractivity contribution in [1.29, 1.82) is 0 Å². The van der Waals surface area contributed by atoms with Crippen molar-refractivity contribution >= 4 is 55.4 Å². The van der Waals surface area contributed by atoms with Crippen molar-refractivity contribution in [2.75, 3.05) is 9.80 Å². The number of allylic oxidation sites excluding steroid dienone is 7. The van der Waals surface area contributed by atoms with Gasteiger partial charge in [-0.05, 0) is 160 Å². The van der Waals surface area contributed by atoms with Gasteiger partial charge in [0, 0.05) is 43.7 Å². The molecule has 1 aromatic heterocycles. The van der Waals surface area contributed by atoms with Crippen LogP contribution in [0.25, 0.3) is 21.2 Å². The van der Waals surface area contributed by atoms with Crippen LogP contribution < -0.4 is 20.0 Å². The van der Waals surface area contributed by atoms with Crippen molar-refractivity contribution in [2.24, 2.45) is 5.92 Å². The van der Waals surface area contributed by atoms with E-state index in [0.717, 1.165) is 17.7 Å². The molecule has 0 bridgehead atoms. The predicted octanol–water partition coefficient (Wildman–Crippen LogP) is 15.3. The average molecular weight is 847 g/mol. The Morgan fingerprint density at radius 2 is 1.37 bits per heavy atom. The Morgan fingerprint density at radius 1 is 0.762 bits per heavy atom. The minimum atomic E-state index is 0.0228. The minimum Gasteiger partial charge on any atom is -0.317 e. The number of hydrogen-bond acceptors (Lipinski definition) is 3. The Kier molecular flexibility index (Phi) is 10.5. The van der Waals surface area contributed by atoms with Crippen LogP contribution in [0.4, 0.5) is 17.1 Å². The van der Waals surface area contributed by atoms with Gasteiger partial charge in [-0.25, -0.2) is 0 Å². The highest BCUT2D eigenvalue weighted by molar-refractivity contribution is 7.32. The van der Waals surface area contributed by atoms with Crippen molar-refractivity contribution in [1.82, 2.24) is 0 Å². The molecule has 0 spiro atoms. The Labute approximate surface area is 383 Å². The monoisotopic (exact) mass is 847 g/mol. The molecule has 2 aliphatic carbocycles. The van der Waals surface area contributed by atoms with Gasteiger partial charge in [-0.2, -0.15) is 0 Å². The molecule has 4 heteroatoms. The molecule has 322 valence electrons. The quantitative estimate of drug-likeness (QED) is 0.119. The highest BCUT2D eigenvalue weighted by Gasteiger charge is 2.47. The maximum atomic E-state index is 4.58. The molecule has 4 aliphatic rings. The number of benzene rings is 4. The van der Waals surface area contributed by atoms with Crippen LogP contribution in [0.1, 0.15) is 130 Å². The molecule has 2 aliphatic heterocycles. The van der Waals surface area contributed by atoms with Crippen molar-refractivity contribution in [3.8, 4) is 11.1 Å². The van der Waals surface area contributed by atoms with Crippen LogP contribution in [0.15, 0.2) is 145 Å². The Morgan fingerprint density at radius 3 is 1.97 bits per heavy atom. The van der Waals surface area contributed by atoms with Crippen LogP contribution in [0.2, 0.25) is 0 Å². The molecule has 0 fully saturated rings. The largest absolute Gasteiger partial charge is 0.317 e. The van der Waals surface area contributed by atoms with E-state index >= 15 is 0 Å². The zero-order valence-electron chi connectivity index (χ0n) is 40.1. The van der Waals surface area contributed by atoms with E-state index in [2.05, 4.69) is 209 Å². The first kappa shape index (κ1) is 43.2. The van der Waals surface area contributed by atoms with E-state index in [-0.39, 0.29) is 28.4 Å². The van der Waals surface area contributed by atoms with Crippen molar-refractivity contribution < 1.29 is 0 Å². The van der Waals surface area contributed by atoms with E-state index in [1.54, 1.807) is 0 Å². The molecular weight excluding hydrogens is 780 g/mol. The maximum absolute atomic E-state index is 4.58. The van der Waals surface area contributed by atoms with Gasteiger partial charge < -0.3 is 9.80 Å². The van der Waals surface area contributed by atoms with Crippen LogP contribution in [0, 0.1) is 12.8 Å². The molecule has 3 heterocycles. The number of aryl methyl sites for hydroxylation is 1. The summed E-state index contributed by atoms with van der Waals surface area (Å²) in [5.74, 6) is 0.439. The van der Waals surface area contributed by atoms with Gasteiger partial charge in [0.1, 0.15) is 0 Å². The number of anilines is 3. The molecule has 0 unspecified atom stereocenters. The molecule has 5 aromatic rings. The van der Waals surface area contributed by atoms with Crippen molar-refractivity contribution in [3.63, 3.8) is 0 Å². The fourth-order valence-corrected chi connectivity index (χ4v) is 12.4. The van der Waals surface area contributed by atoms with E-state index in [9.17, 15) is 0 Å². The summed E-state index contributed by atoms with van der Waals surface area (Å²) in [4.78, 5) is 5.08. The van der Waals surface area contributed by atoms with Crippen molar-refractivity contribution in [3.05, 3.63) is 173 Å². The molecule has 0 N–H and O–H groups in total. The first-order valence-electron chi connectivity index (χ1n) is 23.4. The van der Waals surface area contributed by atoms with E-state index in [1.165, 1.54) is 107 Å². The van der Waals surface area contributed by atoms with Crippen LogP contribution in [-0.2, 0) is 21.7 Å². The first-order chi connectivity index (χ1) is 29.7. The Bertz CT molecular complexity index is 2830. The van der Waals surface area contributed by atoms with Gasteiger partial charge in [0.05, 0.1) is 11.4 Å². The number of nitrogens with zero attached hydrogens (tertiary/aromatic N) is 2. The van der Waals surface area contributed by atoms with E-state index in [4.69, 9.17) is 0 Å². The normalized spacial score (nSPS) is 20.0. The SMILES string of the molecule is C=C/C(=C\C=C\C(C)C)N1C=C2B(c3ccc(C)cc3N(c3cc4c(cc3-c3ccccc3)C(C)(C)CCC4(C)C)/C2=C/C(=C)C)c2sc3cc4c(cc3c21)C(C)(C)CCC4(C)C. The second kappa shape index (κ2) is 15.3. The number of hydrogen-bond donors (Lipinski definition) is 0. The van der Waals surface area contributed by atoms with Crippen LogP contribution >= 0.6 is 11.3 Å². The van der Waals surface area contributed by atoms with Gasteiger partial charge in [0.25, 0.3) is 6.71 Å². The summed E-state index contributed by atoms with van der Waals surface area (Å²) in [5.41, 5.74) is 19.6. The smallest absolute Gasteiger partial charge is 0.263 e. The maximum Gasteiger partial charge on any atom is 0.263 e. The lowest BCUT2D eigenvalue weighted by Crippen LogP contribution is -2.54. The van der Waals surface area contributed by atoms with Gasteiger partial charge in [-0.15, -0.1) is 11.3 Å². The minimum absolute atomic E-state index is 0.0228. The Balaban J connectivity index is 1.40. The summed E-state index contributed by atoms with van der Waals surface area (Å²) >= 11 is 1.99. The summed E-state index contributed by atoms with van der Waals surface area (Å²) in [6.45, 7) is 37.5. The van der Waals surface area contributed by atoms with Gasteiger partial charge in [0.15, 0.2) is 0 Å². The standard InChI is InChI=1S/C59H67BN2S/c1-15-41(23-19-20-37(2)3)61-36-49-51(30-38(4)5)62(50-34-46-44(56(7,8)26-28-58(46,11)12)32-42(50)40-21-17-16-18-22-40)52-31-39(6)24-25-48(52)60(49)55-54(61)43-33-45-47(35-53(43)63-55)59(13,14)29-27-57(45,9)10/h15-25,30-37H,1,4,26-29H2,2-3,5-14H3/b20-19+,41-23+,51-30+. The molecule has 4 aromatic carbocycles. The van der Waals surface area contributed by atoms with Crippen LogP contribution in [-0.4, -0.2) is 6.71 Å². The number of fused-ring (bicyclic) bond motifs is 9. The molecule has 0 atom stereocenters. The first-order valence-corrected chi connectivity index (χ1v) is 24.2. The summed E-state index contributed by atoms with van der Waals surface area (Å²) < 4.78 is 2.74. The lowest BCUT2D eigenvalue weighted by atomic mass is 9.35. The van der Waals surface area contributed by atoms with Crippen LogP contribution in [0.3, 0.4) is 0 Å². The highest BCUT2D eigenvalue weighted by atomic mass is 32.1. The predicted molar refractivity (Wildman–Crippen MR) is 278 cm³/mol. The molecule has 0 amide bonds. The second-order valence-electron chi connectivity index (χ2n) is 22.1. The van der Waals surface area contributed by atoms with E-state index < -0.39 is 0 Å². The third-order valence-electron chi connectivity index (χ3n) is 14.9. The summed E-state index contributed by atoms with van der Waals surface area (Å²) in [5, 5.41) is 1.34. The summed E-state index contributed by atoms with van der Waals surface area (Å²) in [6.07, 6.45) is 18.3. The summed E-state index contributed by atoms with van der Waals surface area (Å²) in [7, 11) is 0. The van der Waals surface area contributed by atoms with Gasteiger partial charge in [0.2, 0.25) is 0 Å². The highest BCUT2D eigenvalue weighted by Crippen LogP contribution is 2.54. The zero-order chi connectivity index (χ0) is 45.0. The van der Waals surface area contributed by atoms with Gasteiger partial charge >= 0.3 is 0 Å². The van der Waals surface area contributed by atoms with Crippen LogP contribution in [0.5, 0.6) is 0 Å². The molecular formula is C59H67BN2S. The molecule has 0 radical (unpaired) electrons.